The standard InChI is InChI=1S/C12H18O3/c1-2-14-11(13)10-12(15-10)6-8-3-4-9(5-8)7-12/h8-10H,2-7H2,1H3/t8-,9+,10?,12?. The van der Waals surface area contributed by atoms with Crippen LogP contribution in [0.2, 0.25) is 0 Å². The summed E-state index contributed by atoms with van der Waals surface area (Å²) in [5, 5.41) is 0. The van der Waals surface area contributed by atoms with E-state index in [1.165, 1.54) is 19.3 Å². The van der Waals surface area contributed by atoms with E-state index in [0.717, 1.165) is 24.7 Å². The van der Waals surface area contributed by atoms with Crippen LogP contribution in [0.15, 0.2) is 0 Å². The topological polar surface area (TPSA) is 38.8 Å². The fourth-order valence-electron chi connectivity index (χ4n) is 3.60. The van der Waals surface area contributed by atoms with E-state index < -0.39 is 0 Å². The SMILES string of the molecule is CCOC(=O)C1OC12C[C@@H]1CC[C@@H](C1)C2. The van der Waals surface area contributed by atoms with Gasteiger partial charge in [-0.25, -0.2) is 4.79 Å². The predicted octanol–water partition coefficient (Wildman–Crippen LogP) is 1.90. The first-order valence-corrected chi connectivity index (χ1v) is 6.08. The minimum atomic E-state index is -0.235. The van der Waals surface area contributed by atoms with Gasteiger partial charge in [-0.05, 0) is 38.0 Å². The fraction of sp³-hybridized carbons (Fsp3) is 0.917. The molecule has 4 atom stereocenters. The Kier molecular flexibility index (Phi) is 2.06. The van der Waals surface area contributed by atoms with Gasteiger partial charge in [-0.2, -0.15) is 0 Å². The van der Waals surface area contributed by atoms with Crippen LogP contribution in [0.25, 0.3) is 0 Å². The van der Waals surface area contributed by atoms with Gasteiger partial charge in [-0.1, -0.05) is 12.8 Å². The van der Waals surface area contributed by atoms with Gasteiger partial charge in [0.1, 0.15) is 5.60 Å². The number of epoxide rings is 1. The van der Waals surface area contributed by atoms with Gasteiger partial charge in [0.05, 0.1) is 6.61 Å². The van der Waals surface area contributed by atoms with Gasteiger partial charge in [-0.3, -0.25) is 0 Å². The van der Waals surface area contributed by atoms with Crippen LogP contribution in [-0.2, 0) is 14.3 Å². The first-order valence-electron chi connectivity index (χ1n) is 6.08. The Bertz CT molecular complexity index is 275. The van der Waals surface area contributed by atoms with Crippen LogP contribution >= 0.6 is 0 Å². The van der Waals surface area contributed by atoms with Crippen LogP contribution in [0.1, 0.15) is 39.0 Å². The number of hydrogen-bond donors (Lipinski definition) is 0. The summed E-state index contributed by atoms with van der Waals surface area (Å²) in [6, 6.07) is 0. The zero-order valence-electron chi connectivity index (χ0n) is 9.20. The minimum Gasteiger partial charge on any atom is -0.464 e. The lowest BCUT2D eigenvalue weighted by Crippen LogP contribution is -2.29. The second kappa shape index (κ2) is 3.21. The van der Waals surface area contributed by atoms with E-state index in [4.69, 9.17) is 9.47 Å². The van der Waals surface area contributed by atoms with Gasteiger partial charge >= 0.3 is 5.97 Å². The summed E-state index contributed by atoms with van der Waals surface area (Å²) in [6.45, 7) is 2.30. The number of ether oxygens (including phenoxy) is 2. The third-order valence-electron chi connectivity index (χ3n) is 4.19. The van der Waals surface area contributed by atoms with E-state index in [9.17, 15) is 4.79 Å². The Labute approximate surface area is 90.1 Å². The minimum absolute atomic E-state index is 0.101. The molecule has 0 aromatic rings. The molecule has 1 saturated heterocycles. The lowest BCUT2D eigenvalue weighted by Gasteiger charge is -2.24. The Morgan fingerprint density at radius 3 is 2.67 bits per heavy atom. The Hall–Kier alpha value is -0.570. The van der Waals surface area contributed by atoms with Crippen molar-refractivity contribution >= 4 is 5.97 Å². The van der Waals surface area contributed by atoms with Crippen molar-refractivity contribution in [2.75, 3.05) is 6.61 Å². The summed E-state index contributed by atoms with van der Waals surface area (Å²) in [5.74, 6) is 1.48. The molecule has 2 bridgehead atoms. The fourth-order valence-corrected chi connectivity index (χ4v) is 3.60. The highest BCUT2D eigenvalue weighted by molar-refractivity contribution is 5.79. The van der Waals surface area contributed by atoms with Gasteiger partial charge in [0.25, 0.3) is 0 Å². The molecule has 0 aromatic heterocycles. The summed E-state index contributed by atoms with van der Waals surface area (Å²) < 4.78 is 10.7. The lowest BCUT2D eigenvalue weighted by atomic mass is 9.79. The summed E-state index contributed by atoms with van der Waals surface area (Å²) in [5.41, 5.74) is -0.101. The van der Waals surface area contributed by atoms with Crippen molar-refractivity contribution in [1.82, 2.24) is 0 Å². The highest BCUT2D eigenvalue weighted by atomic mass is 16.7. The molecule has 2 aliphatic carbocycles. The smallest absolute Gasteiger partial charge is 0.338 e. The molecule has 3 heteroatoms. The van der Waals surface area contributed by atoms with Crippen molar-refractivity contribution in [1.29, 1.82) is 0 Å². The third-order valence-corrected chi connectivity index (χ3v) is 4.19. The Balaban J connectivity index is 1.66. The molecular formula is C12H18O3. The maximum Gasteiger partial charge on any atom is 0.338 e. The quantitative estimate of drug-likeness (QED) is 0.516. The Morgan fingerprint density at radius 2 is 2.07 bits per heavy atom. The first kappa shape index (κ1) is 9.64. The van der Waals surface area contributed by atoms with E-state index in [-0.39, 0.29) is 17.7 Å². The van der Waals surface area contributed by atoms with Crippen molar-refractivity contribution < 1.29 is 14.3 Å². The molecule has 3 fully saturated rings. The molecule has 3 aliphatic rings. The van der Waals surface area contributed by atoms with E-state index in [0.29, 0.717) is 6.61 Å². The molecular weight excluding hydrogens is 192 g/mol. The van der Waals surface area contributed by atoms with Crippen LogP contribution in [0.3, 0.4) is 0 Å². The van der Waals surface area contributed by atoms with Crippen LogP contribution < -0.4 is 0 Å². The molecule has 1 aliphatic heterocycles. The molecule has 0 aromatic carbocycles. The van der Waals surface area contributed by atoms with Gasteiger partial charge in [0.2, 0.25) is 0 Å². The zero-order chi connectivity index (χ0) is 10.5. The largest absolute Gasteiger partial charge is 0.464 e. The number of esters is 1. The van der Waals surface area contributed by atoms with Crippen LogP contribution in [0, 0.1) is 11.8 Å². The summed E-state index contributed by atoms with van der Waals surface area (Å²) >= 11 is 0. The van der Waals surface area contributed by atoms with E-state index in [2.05, 4.69) is 0 Å². The van der Waals surface area contributed by atoms with Gasteiger partial charge < -0.3 is 9.47 Å². The molecule has 15 heavy (non-hydrogen) atoms. The van der Waals surface area contributed by atoms with Crippen LogP contribution in [0.4, 0.5) is 0 Å². The average Bonchev–Trinajstić information content (AvgIpc) is 2.77. The first-order chi connectivity index (χ1) is 7.23. The monoisotopic (exact) mass is 210 g/mol. The number of fused-ring (bicyclic) bond motifs is 2. The van der Waals surface area contributed by atoms with Crippen molar-refractivity contribution in [2.24, 2.45) is 11.8 Å². The molecule has 0 amide bonds. The highest BCUT2D eigenvalue weighted by Crippen LogP contribution is 2.57. The van der Waals surface area contributed by atoms with E-state index in [1.54, 1.807) is 0 Å². The average molecular weight is 210 g/mol. The Morgan fingerprint density at radius 1 is 1.40 bits per heavy atom. The third kappa shape index (κ3) is 1.48. The number of carbonyl (C=O) groups is 1. The van der Waals surface area contributed by atoms with Crippen molar-refractivity contribution in [3.63, 3.8) is 0 Å². The van der Waals surface area contributed by atoms with E-state index >= 15 is 0 Å². The molecule has 0 N–H and O–H groups in total. The van der Waals surface area contributed by atoms with Gasteiger partial charge in [0.15, 0.2) is 6.10 Å². The number of carbonyl (C=O) groups excluding carboxylic acids is 1. The van der Waals surface area contributed by atoms with Crippen LogP contribution in [0.5, 0.6) is 0 Å². The lowest BCUT2D eigenvalue weighted by molar-refractivity contribution is -0.144. The normalized spacial score (nSPS) is 46.9. The molecule has 3 rings (SSSR count). The highest BCUT2D eigenvalue weighted by Gasteiger charge is 2.65. The molecule has 0 radical (unpaired) electrons. The van der Waals surface area contributed by atoms with Crippen LogP contribution in [-0.4, -0.2) is 24.3 Å². The molecule has 84 valence electrons. The summed E-state index contributed by atoms with van der Waals surface area (Å²) in [6.07, 6.45) is 5.98. The molecule has 1 heterocycles. The van der Waals surface area contributed by atoms with Crippen molar-refractivity contribution in [2.45, 2.75) is 50.7 Å². The maximum atomic E-state index is 11.6. The second-order valence-corrected chi connectivity index (χ2v) is 5.27. The zero-order valence-corrected chi connectivity index (χ0v) is 9.20. The van der Waals surface area contributed by atoms with Crippen molar-refractivity contribution in [3.8, 4) is 0 Å². The van der Waals surface area contributed by atoms with Gasteiger partial charge in [0, 0.05) is 0 Å². The summed E-state index contributed by atoms with van der Waals surface area (Å²) in [4.78, 5) is 11.6. The summed E-state index contributed by atoms with van der Waals surface area (Å²) in [7, 11) is 0. The second-order valence-electron chi connectivity index (χ2n) is 5.27. The van der Waals surface area contributed by atoms with Crippen molar-refractivity contribution in [3.05, 3.63) is 0 Å². The van der Waals surface area contributed by atoms with Gasteiger partial charge in [-0.15, -0.1) is 0 Å². The predicted molar refractivity (Wildman–Crippen MR) is 54.3 cm³/mol. The maximum absolute atomic E-state index is 11.6. The number of hydrogen-bond acceptors (Lipinski definition) is 3. The molecule has 1 spiro atoms. The molecule has 3 nitrogen and oxygen atoms in total. The number of rotatable bonds is 2. The molecule has 2 unspecified atom stereocenters. The molecule has 2 saturated carbocycles. The van der Waals surface area contributed by atoms with E-state index in [1.807, 2.05) is 6.92 Å².